The Kier molecular flexibility index (Phi) is 9.41. The van der Waals surface area contributed by atoms with Gasteiger partial charge < -0.3 is 29.9 Å². The van der Waals surface area contributed by atoms with Crippen LogP contribution in [0.25, 0.3) is 0 Å². The number of ether oxygens (including phenoxy) is 2. The third kappa shape index (κ3) is 7.81. The number of pyridine rings is 1. The highest BCUT2D eigenvalue weighted by molar-refractivity contribution is 7.52. The second-order valence-electron chi connectivity index (χ2n) is 9.06. The number of nitrogens with two attached hydrogens (primary N) is 1. The van der Waals surface area contributed by atoms with Gasteiger partial charge in [0.1, 0.15) is 29.6 Å². The second kappa shape index (κ2) is 12.1. The topological polar surface area (TPSA) is 171 Å². The van der Waals surface area contributed by atoms with Gasteiger partial charge in [-0.25, -0.2) is 9.13 Å². The Labute approximate surface area is 214 Å². The summed E-state index contributed by atoms with van der Waals surface area (Å²) < 4.78 is 36.9. The fourth-order valence-electron chi connectivity index (χ4n) is 3.64. The molecule has 2 heterocycles. The van der Waals surface area contributed by atoms with Gasteiger partial charge in [0.05, 0.1) is 19.3 Å². The average Bonchev–Trinajstić information content (AvgIpc) is 3.11. The fraction of sp³-hybridized carbons (Fsp3) is 0.458. The van der Waals surface area contributed by atoms with Gasteiger partial charge in [-0.15, -0.1) is 0 Å². The van der Waals surface area contributed by atoms with Crippen molar-refractivity contribution in [3.63, 3.8) is 0 Å². The molecule has 0 saturated carbocycles. The van der Waals surface area contributed by atoms with Crippen LogP contribution in [0.5, 0.6) is 5.75 Å². The lowest BCUT2D eigenvalue weighted by molar-refractivity contribution is -0.711. The highest BCUT2D eigenvalue weighted by atomic mass is 31.2. The van der Waals surface area contributed by atoms with Gasteiger partial charge in [-0.2, -0.15) is 5.09 Å². The van der Waals surface area contributed by atoms with Gasteiger partial charge in [-0.1, -0.05) is 18.2 Å². The standard InChI is InChI=1S/C24H32N3O9P/c1-16(2)35-23(30)17(3)26-37(32,36-19-9-5-4-6-10-19)34-13-20-21(28)24(31,15-33-20)14-27-11-7-8-18(12-27)22(25)29/h4-12,16-17,20-21,28,31H,13-15H2,1-3H3,(H2-,25,26,29,32)/p+1/t17-,20+,21?,24?,37-/m0/s1. The summed E-state index contributed by atoms with van der Waals surface area (Å²) in [4.78, 5) is 23.7. The molecule has 1 amide bonds. The number of hydrogen-bond acceptors (Lipinski definition) is 9. The largest absolute Gasteiger partial charge is 0.462 e. The Bertz CT molecular complexity index is 1130. The van der Waals surface area contributed by atoms with Crippen molar-refractivity contribution in [1.82, 2.24) is 5.09 Å². The Morgan fingerprint density at radius 1 is 1.24 bits per heavy atom. The number of hydrogen-bond donors (Lipinski definition) is 4. The van der Waals surface area contributed by atoms with Crippen LogP contribution >= 0.6 is 7.75 Å². The van der Waals surface area contributed by atoms with Crippen LogP contribution in [0.2, 0.25) is 0 Å². The number of aliphatic hydroxyl groups excluding tert-OH is 1. The molecule has 1 aromatic heterocycles. The van der Waals surface area contributed by atoms with E-state index in [1.165, 1.54) is 23.8 Å². The zero-order valence-electron chi connectivity index (χ0n) is 20.9. The van der Waals surface area contributed by atoms with Gasteiger partial charge in [0.25, 0.3) is 5.91 Å². The molecule has 202 valence electrons. The fourth-order valence-corrected chi connectivity index (χ4v) is 5.14. The number of nitrogens with one attached hydrogen (secondary N) is 1. The van der Waals surface area contributed by atoms with E-state index in [4.69, 9.17) is 24.3 Å². The molecule has 2 aromatic rings. The third-order valence-electron chi connectivity index (χ3n) is 5.48. The summed E-state index contributed by atoms with van der Waals surface area (Å²) in [6, 6.07) is 10.3. The minimum atomic E-state index is -4.18. The van der Waals surface area contributed by atoms with Gasteiger partial charge >= 0.3 is 13.7 Å². The summed E-state index contributed by atoms with van der Waals surface area (Å²) in [5.41, 5.74) is 3.80. The molecular weight excluding hydrogens is 505 g/mol. The first kappa shape index (κ1) is 28.7. The monoisotopic (exact) mass is 538 g/mol. The molecule has 5 N–H and O–H groups in total. The summed E-state index contributed by atoms with van der Waals surface area (Å²) in [6.07, 6.45) is 0.154. The van der Waals surface area contributed by atoms with Gasteiger partial charge in [-0.05, 0) is 39.0 Å². The van der Waals surface area contributed by atoms with Crippen molar-refractivity contribution in [1.29, 1.82) is 0 Å². The highest BCUT2D eigenvalue weighted by Gasteiger charge is 2.51. The summed E-state index contributed by atoms with van der Waals surface area (Å²) in [5.74, 6) is -1.07. The molecule has 37 heavy (non-hydrogen) atoms. The van der Waals surface area contributed by atoms with E-state index in [0.717, 1.165) is 0 Å². The van der Waals surface area contributed by atoms with E-state index in [9.17, 15) is 24.4 Å². The van der Waals surface area contributed by atoms with E-state index in [2.05, 4.69) is 5.09 Å². The van der Waals surface area contributed by atoms with Crippen LogP contribution in [-0.4, -0.2) is 65.3 Å². The second-order valence-corrected chi connectivity index (χ2v) is 10.8. The lowest BCUT2D eigenvalue weighted by Crippen LogP contribution is -2.55. The van der Waals surface area contributed by atoms with Crippen LogP contribution < -0.4 is 19.9 Å². The molecule has 12 nitrogen and oxygen atoms in total. The number of aromatic nitrogens is 1. The molecule has 2 unspecified atom stereocenters. The molecular formula is C24H33N3O9P+. The normalized spacial score (nSPS) is 23.8. The molecule has 1 aliphatic heterocycles. The van der Waals surface area contributed by atoms with E-state index in [-0.39, 0.29) is 30.6 Å². The molecule has 3 rings (SSSR count). The molecule has 0 bridgehead atoms. The van der Waals surface area contributed by atoms with Crippen molar-refractivity contribution in [2.24, 2.45) is 5.73 Å². The highest BCUT2D eigenvalue weighted by Crippen LogP contribution is 2.45. The third-order valence-corrected chi connectivity index (χ3v) is 7.13. The maximum Gasteiger partial charge on any atom is 0.459 e. The van der Waals surface area contributed by atoms with E-state index in [1.54, 1.807) is 56.4 Å². The summed E-state index contributed by atoms with van der Waals surface area (Å²) in [6.45, 7) is 4.02. The van der Waals surface area contributed by atoms with Crippen LogP contribution in [0.3, 0.4) is 0 Å². The van der Waals surface area contributed by atoms with Crippen molar-refractivity contribution in [3.05, 3.63) is 60.4 Å². The first-order chi connectivity index (χ1) is 17.4. The predicted octanol–water partition coefficient (Wildman–Crippen LogP) is 0.697. The first-order valence-electron chi connectivity index (χ1n) is 11.7. The van der Waals surface area contributed by atoms with Gasteiger partial charge in [-0.3, -0.25) is 14.1 Å². The Hall–Kier alpha value is -2.86. The van der Waals surface area contributed by atoms with E-state index in [1.807, 2.05) is 0 Å². The van der Waals surface area contributed by atoms with Crippen molar-refractivity contribution < 1.29 is 47.5 Å². The minimum absolute atomic E-state index is 0.111. The minimum Gasteiger partial charge on any atom is -0.462 e. The van der Waals surface area contributed by atoms with Crippen molar-refractivity contribution >= 4 is 19.6 Å². The number of benzene rings is 1. The SMILES string of the molecule is CC(C)OC(=O)[C@H](C)N[P@](=O)(OC[C@H]1OCC(O)(C[n+]2cccc(C(N)=O)c2)C1O)Oc1ccccc1. The predicted molar refractivity (Wildman–Crippen MR) is 130 cm³/mol. The molecule has 1 saturated heterocycles. The molecule has 1 aromatic carbocycles. The number of primary amides is 1. The van der Waals surface area contributed by atoms with E-state index >= 15 is 0 Å². The number of carbonyl (C=O) groups is 2. The quantitative estimate of drug-likeness (QED) is 0.171. The smallest absolute Gasteiger partial charge is 0.459 e. The molecule has 1 fully saturated rings. The lowest BCUT2D eigenvalue weighted by Gasteiger charge is -2.26. The first-order valence-corrected chi connectivity index (χ1v) is 13.2. The van der Waals surface area contributed by atoms with Gasteiger partial charge in [0.15, 0.2) is 24.5 Å². The molecule has 5 atom stereocenters. The van der Waals surface area contributed by atoms with Crippen LogP contribution in [0.4, 0.5) is 0 Å². The Morgan fingerprint density at radius 2 is 1.95 bits per heavy atom. The number of amides is 1. The number of carbonyl (C=O) groups excluding carboxylic acids is 2. The number of nitrogens with zero attached hydrogens (tertiary/aromatic N) is 1. The summed E-state index contributed by atoms with van der Waals surface area (Å²) >= 11 is 0. The van der Waals surface area contributed by atoms with Crippen molar-refractivity contribution in [3.8, 4) is 5.75 Å². The van der Waals surface area contributed by atoms with Crippen LogP contribution in [-0.2, 0) is 29.9 Å². The summed E-state index contributed by atoms with van der Waals surface area (Å²) in [7, 11) is -4.18. The van der Waals surface area contributed by atoms with E-state index < -0.39 is 50.1 Å². The average molecular weight is 539 g/mol. The van der Waals surface area contributed by atoms with Crippen molar-refractivity contribution in [2.45, 2.75) is 57.3 Å². The number of aliphatic hydroxyl groups is 2. The van der Waals surface area contributed by atoms with Gasteiger partial charge in [0.2, 0.25) is 0 Å². The molecule has 13 heteroatoms. The van der Waals surface area contributed by atoms with E-state index in [0.29, 0.717) is 0 Å². The Balaban J connectivity index is 1.70. The molecule has 0 aliphatic carbocycles. The molecule has 0 radical (unpaired) electrons. The number of esters is 1. The molecule has 0 spiro atoms. The molecule has 1 aliphatic rings. The zero-order valence-corrected chi connectivity index (χ0v) is 21.7. The van der Waals surface area contributed by atoms with Crippen LogP contribution in [0, 0.1) is 0 Å². The number of para-hydroxylation sites is 1. The Morgan fingerprint density at radius 3 is 2.59 bits per heavy atom. The van der Waals surface area contributed by atoms with Crippen LogP contribution in [0.1, 0.15) is 31.1 Å². The maximum absolute atomic E-state index is 13.6. The van der Waals surface area contributed by atoms with Crippen LogP contribution in [0.15, 0.2) is 54.9 Å². The maximum atomic E-state index is 13.6. The number of rotatable bonds is 12. The summed E-state index contributed by atoms with van der Waals surface area (Å²) in [5, 5.41) is 24.4. The van der Waals surface area contributed by atoms with Crippen molar-refractivity contribution in [2.75, 3.05) is 13.2 Å². The zero-order chi connectivity index (χ0) is 27.2. The lowest BCUT2D eigenvalue weighted by atomic mass is 9.96. The van der Waals surface area contributed by atoms with Gasteiger partial charge in [0, 0.05) is 6.07 Å².